The minimum absolute atomic E-state index is 0.0495. The Labute approximate surface area is 172 Å². The Morgan fingerprint density at radius 1 is 1.11 bits per heavy atom. The van der Waals surface area contributed by atoms with Crippen molar-refractivity contribution in [3.8, 4) is 5.75 Å². The lowest BCUT2D eigenvalue weighted by molar-refractivity contribution is -0.127. The third kappa shape index (κ3) is 6.39. The monoisotopic (exact) mass is 425 g/mol. The number of hydrazine groups is 1. The van der Waals surface area contributed by atoms with Crippen LogP contribution >= 0.6 is 35.4 Å². The molecule has 2 aromatic carbocycles. The van der Waals surface area contributed by atoms with Gasteiger partial charge in [-0.05, 0) is 56.4 Å². The van der Waals surface area contributed by atoms with Crippen LogP contribution in [0.4, 0.5) is 0 Å². The molecule has 0 fully saturated rings. The SMILES string of the molecule is Cc1cccc(C(=O)NC(=S)NNC(=O)C(C)Oc2ccc(Cl)cc2Cl)c1. The molecule has 2 rings (SSSR count). The van der Waals surface area contributed by atoms with Gasteiger partial charge in [-0.15, -0.1) is 0 Å². The summed E-state index contributed by atoms with van der Waals surface area (Å²) in [6, 6.07) is 11.7. The van der Waals surface area contributed by atoms with E-state index in [1.807, 2.05) is 13.0 Å². The van der Waals surface area contributed by atoms with Gasteiger partial charge >= 0.3 is 0 Å². The first-order valence-electron chi connectivity index (χ1n) is 7.86. The van der Waals surface area contributed by atoms with Gasteiger partial charge in [0.1, 0.15) is 5.75 Å². The van der Waals surface area contributed by atoms with Gasteiger partial charge in [0.2, 0.25) is 0 Å². The predicted molar refractivity (Wildman–Crippen MR) is 109 cm³/mol. The largest absolute Gasteiger partial charge is 0.479 e. The quantitative estimate of drug-likeness (QED) is 0.516. The van der Waals surface area contributed by atoms with Crippen molar-refractivity contribution in [2.45, 2.75) is 20.0 Å². The Kier molecular flexibility index (Phi) is 7.41. The number of thiocarbonyl (C=S) groups is 1. The fraction of sp³-hybridized carbons (Fsp3) is 0.167. The minimum Gasteiger partial charge on any atom is -0.479 e. The van der Waals surface area contributed by atoms with E-state index >= 15 is 0 Å². The minimum atomic E-state index is -0.869. The van der Waals surface area contributed by atoms with Gasteiger partial charge in [-0.1, -0.05) is 40.9 Å². The normalized spacial score (nSPS) is 11.3. The third-order valence-corrected chi connectivity index (χ3v) is 4.11. The highest BCUT2D eigenvalue weighted by molar-refractivity contribution is 7.80. The van der Waals surface area contributed by atoms with Crippen LogP contribution in [0.3, 0.4) is 0 Å². The van der Waals surface area contributed by atoms with Gasteiger partial charge in [0, 0.05) is 10.6 Å². The van der Waals surface area contributed by atoms with Crippen molar-refractivity contribution < 1.29 is 14.3 Å². The van der Waals surface area contributed by atoms with Crippen LogP contribution < -0.4 is 20.9 Å². The predicted octanol–water partition coefficient (Wildman–Crippen LogP) is 3.40. The average molecular weight is 426 g/mol. The van der Waals surface area contributed by atoms with E-state index in [1.165, 1.54) is 13.0 Å². The zero-order valence-electron chi connectivity index (χ0n) is 14.5. The second-order valence-corrected chi connectivity index (χ2v) is 6.85. The highest BCUT2D eigenvalue weighted by atomic mass is 35.5. The second kappa shape index (κ2) is 9.55. The molecular formula is C18H17Cl2N3O3S. The standard InChI is InChI=1S/C18H17Cl2N3O3S/c1-10-4-3-5-12(8-10)17(25)21-18(27)23-22-16(24)11(2)26-15-7-6-13(19)9-14(15)20/h3-9,11H,1-2H3,(H,22,24)(H2,21,23,25,27). The molecule has 0 heterocycles. The number of carbonyl (C=O) groups excluding carboxylic acids is 2. The van der Waals surface area contributed by atoms with Crippen molar-refractivity contribution in [3.63, 3.8) is 0 Å². The van der Waals surface area contributed by atoms with E-state index in [1.54, 1.807) is 30.3 Å². The maximum Gasteiger partial charge on any atom is 0.279 e. The van der Waals surface area contributed by atoms with Crippen molar-refractivity contribution in [1.29, 1.82) is 0 Å². The number of nitrogens with one attached hydrogen (secondary N) is 3. The van der Waals surface area contributed by atoms with Crippen LogP contribution in [0.25, 0.3) is 0 Å². The number of carbonyl (C=O) groups is 2. The molecular weight excluding hydrogens is 409 g/mol. The molecule has 0 aliphatic heterocycles. The first kappa shape index (κ1) is 21.0. The summed E-state index contributed by atoms with van der Waals surface area (Å²) < 4.78 is 5.48. The third-order valence-electron chi connectivity index (χ3n) is 3.37. The van der Waals surface area contributed by atoms with Gasteiger partial charge in [0.25, 0.3) is 11.8 Å². The summed E-state index contributed by atoms with van der Waals surface area (Å²) in [6.07, 6.45) is -0.869. The van der Waals surface area contributed by atoms with Crippen LogP contribution in [0.15, 0.2) is 42.5 Å². The van der Waals surface area contributed by atoms with E-state index in [2.05, 4.69) is 16.2 Å². The molecule has 27 heavy (non-hydrogen) atoms. The summed E-state index contributed by atoms with van der Waals surface area (Å²) in [6.45, 7) is 3.41. The van der Waals surface area contributed by atoms with Crippen LogP contribution in [0.1, 0.15) is 22.8 Å². The Morgan fingerprint density at radius 2 is 1.85 bits per heavy atom. The fourth-order valence-corrected chi connectivity index (χ4v) is 2.62. The zero-order valence-corrected chi connectivity index (χ0v) is 16.8. The van der Waals surface area contributed by atoms with Crippen molar-refractivity contribution in [2.24, 2.45) is 0 Å². The first-order chi connectivity index (χ1) is 12.8. The Morgan fingerprint density at radius 3 is 2.52 bits per heavy atom. The van der Waals surface area contributed by atoms with E-state index in [9.17, 15) is 9.59 Å². The van der Waals surface area contributed by atoms with E-state index in [0.717, 1.165) is 5.56 Å². The summed E-state index contributed by atoms with van der Waals surface area (Å²) in [7, 11) is 0. The molecule has 3 N–H and O–H groups in total. The topological polar surface area (TPSA) is 79.5 Å². The summed E-state index contributed by atoms with van der Waals surface area (Å²) in [5.74, 6) is -0.574. The molecule has 2 amide bonds. The van der Waals surface area contributed by atoms with Crippen LogP contribution in [0.5, 0.6) is 5.75 Å². The number of rotatable bonds is 4. The molecule has 0 bridgehead atoms. The number of benzene rings is 2. The maximum atomic E-state index is 12.1. The summed E-state index contributed by atoms with van der Waals surface area (Å²) >= 11 is 16.8. The lowest BCUT2D eigenvalue weighted by Crippen LogP contribution is -2.51. The van der Waals surface area contributed by atoms with E-state index < -0.39 is 12.0 Å². The highest BCUT2D eigenvalue weighted by Gasteiger charge is 2.17. The number of amides is 2. The lowest BCUT2D eigenvalue weighted by atomic mass is 10.1. The van der Waals surface area contributed by atoms with Crippen molar-refractivity contribution in [2.75, 3.05) is 0 Å². The maximum absolute atomic E-state index is 12.1. The van der Waals surface area contributed by atoms with Crippen LogP contribution in [-0.2, 0) is 4.79 Å². The smallest absolute Gasteiger partial charge is 0.279 e. The Hall–Kier alpha value is -2.35. The summed E-state index contributed by atoms with van der Waals surface area (Å²) in [4.78, 5) is 24.2. The summed E-state index contributed by atoms with van der Waals surface area (Å²) in [5, 5.41) is 3.17. The van der Waals surface area contributed by atoms with Gasteiger partial charge in [0.05, 0.1) is 5.02 Å². The van der Waals surface area contributed by atoms with Crippen molar-refractivity contribution in [3.05, 3.63) is 63.6 Å². The van der Waals surface area contributed by atoms with Crippen molar-refractivity contribution in [1.82, 2.24) is 16.2 Å². The number of aryl methyl sites for hydroxylation is 1. The van der Waals surface area contributed by atoms with Gasteiger partial charge in [-0.3, -0.25) is 25.8 Å². The molecule has 0 saturated heterocycles. The Balaban J connectivity index is 1.83. The fourth-order valence-electron chi connectivity index (χ4n) is 2.03. The van der Waals surface area contributed by atoms with Gasteiger partial charge in [-0.2, -0.15) is 0 Å². The number of halogens is 2. The van der Waals surface area contributed by atoms with Crippen LogP contribution in [0.2, 0.25) is 10.0 Å². The lowest BCUT2D eigenvalue weighted by Gasteiger charge is -2.17. The van der Waals surface area contributed by atoms with Crippen molar-refractivity contribution >= 4 is 52.3 Å². The highest BCUT2D eigenvalue weighted by Crippen LogP contribution is 2.28. The van der Waals surface area contributed by atoms with E-state index in [-0.39, 0.29) is 16.0 Å². The molecule has 6 nitrogen and oxygen atoms in total. The second-order valence-electron chi connectivity index (χ2n) is 5.60. The number of hydrogen-bond donors (Lipinski definition) is 3. The molecule has 0 aliphatic rings. The number of hydrogen-bond acceptors (Lipinski definition) is 4. The zero-order chi connectivity index (χ0) is 20.0. The summed E-state index contributed by atoms with van der Waals surface area (Å²) in [5.41, 5.74) is 6.22. The molecule has 9 heteroatoms. The molecule has 0 spiro atoms. The van der Waals surface area contributed by atoms with Gasteiger partial charge < -0.3 is 4.74 Å². The molecule has 142 valence electrons. The molecule has 2 aromatic rings. The molecule has 0 aliphatic carbocycles. The van der Waals surface area contributed by atoms with Crippen LogP contribution in [0, 0.1) is 6.92 Å². The Bertz CT molecular complexity index is 877. The van der Waals surface area contributed by atoms with E-state index in [0.29, 0.717) is 16.3 Å². The van der Waals surface area contributed by atoms with Crippen LogP contribution in [-0.4, -0.2) is 23.0 Å². The molecule has 0 aromatic heterocycles. The van der Waals surface area contributed by atoms with Gasteiger partial charge in [-0.25, -0.2) is 0 Å². The van der Waals surface area contributed by atoms with E-state index in [4.69, 9.17) is 40.2 Å². The molecule has 1 unspecified atom stereocenters. The average Bonchev–Trinajstić information content (AvgIpc) is 2.61. The molecule has 1 atom stereocenters. The molecule has 0 radical (unpaired) electrons. The number of ether oxygens (including phenoxy) is 1. The first-order valence-corrected chi connectivity index (χ1v) is 9.02. The van der Waals surface area contributed by atoms with Gasteiger partial charge in [0.15, 0.2) is 11.2 Å². The molecule has 0 saturated carbocycles.